The van der Waals surface area contributed by atoms with Crippen LogP contribution in [0, 0.1) is 0 Å². The quantitative estimate of drug-likeness (QED) is 0.708. The molecule has 4 rings (SSSR count). The fraction of sp³-hybridized carbons (Fsp3) is 0.421. The molecular formula is C19H22N4OS2. The monoisotopic (exact) mass is 386 g/mol. The second kappa shape index (κ2) is 6.72. The van der Waals surface area contributed by atoms with Gasteiger partial charge in [-0.1, -0.05) is 6.92 Å². The third kappa shape index (κ3) is 2.84. The van der Waals surface area contributed by atoms with E-state index in [2.05, 4.69) is 36.0 Å². The lowest BCUT2D eigenvalue weighted by atomic mass is 9.93. The van der Waals surface area contributed by atoms with Gasteiger partial charge >= 0.3 is 0 Å². The Labute approximate surface area is 161 Å². The van der Waals surface area contributed by atoms with Gasteiger partial charge in [0.25, 0.3) is 0 Å². The number of pyridine rings is 1. The first kappa shape index (κ1) is 17.6. The second-order valence-corrected chi connectivity index (χ2v) is 8.84. The maximum absolute atomic E-state index is 11.8. The number of anilines is 1. The van der Waals surface area contributed by atoms with E-state index in [0.717, 1.165) is 38.8 Å². The number of aromatic nitrogens is 2. The molecule has 136 valence electrons. The zero-order valence-electron chi connectivity index (χ0n) is 15.4. The van der Waals surface area contributed by atoms with Gasteiger partial charge < -0.3 is 5.32 Å². The highest BCUT2D eigenvalue weighted by molar-refractivity contribution is 7.23. The molecule has 0 bridgehead atoms. The van der Waals surface area contributed by atoms with E-state index in [9.17, 15) is 4.79 Å². The van der Waals surface area contributed by atoms with Gasteiger partial charge in [0, 0.05) is 35.6 Å². The standard InChI is InChI=1S/C19H22N4OS2/c1-5-23-10(2)8-13-16(18(21-12(4)24)26-17(13)11(23)3)19-22-14-9-20-7-6-15(14)25-19/h6-7,9-11H,5,8H2,1-4H3,(H,21,24)/t10-,11+/m0/s1. The summed E-state index contributed by atoms with van der Waals surface area (Å²) in [4.78, 5) is 24.7. The Morgan fingerprint density at radius 1 is 1.38 bits per heavy atom. The fourth-order valence-corrected chi connectivity index (χ4v) is 6.34. The molecule has 3 aromatic rings. The number of hydrogen-bond donors (Lipinski definition) is 1. The van der Waals surface area contributed by atoms with Crippen LogP contribution in [0.1, 0.15) is 44.2 Å². The number of hydrogen-bond acceptors (Lipinski definition) is 6. The van der Waals surface area contributed by atoms with Crippen LogP contribution in [-0.4, -0.2) is 33.4 Å². The van der Waals surface area contributed by atoms with Crippen LogP contribution in [0.4, 0.5) is 5.00 Å². The number of carbonyl (C=O) groups excluding carboxylic acids is 1. The zero-order valence-corrected chi connectivity index (χ0v) is 17.0. The molecule has 0 spiro atoms. The minimum Gasteiger partial charge on any atom is -0.317 e. The summed E-state index contributed by atoms with van der Waals surface area (Å²) in [7, 11) is 0. The molecule has 0 saturated heterocycles. The number of nitrogens with zero attached hydrogens (tertiary/aromatic N) is 3. The number of nitrogens with one attached hydrogen (secondary N) is 1. The van der Waals surface area contributed by atoms with Crippen LogP contribution in [0.5, 0.6) is 0 Å². The Kier molecular flexibility index (Phi) is 4.54. The van der Waals surface area contributed by atoms with E-state index < -0.39 is 0 Å². The highest BCUT2D eigenvalue weighted by Crippen LogP contribution is 2.49. The van der Waals surface area contributed by atoms with Gasteiger partial charge in [-0.15, -0.1) is 22.7 Å². The average Bonchev–Trinajstić information content (AvgIpc) is 3.15. The largest absolute Gasteiger partial charge is 0.317 e. The Balaban J connectivity index is 1.91. The Morgan fingerprint density at radius 3 is 2.88 bits per heavy atom. The van der Waals surface area contributed by atoms with Crippen molar-refractivity contribution in [2.75, 3.05) is 11.9 Å². The predicted octanol–water partition coefficient (Wildman–Crippen LogP) is 4.71. The minimum atomic E-state index is -0.0410. The van der Waals surface area contributed by atoms with Crippen LogP contribution in [-0.2, 0) is 11.2 Å². The Bertz CT molecular complexity index is 944. The first-order valence-electron chi connectivity index (χ1n) is 8.89. The Morgan fingerprint density at radius 2 is 2.19 bits per heavy atom. The van der Waals surface area contributed by atoms with Crippen LogP contribution in [0.15, 0.2) is 18.5 Å². The molecule has 1 N–H and O–H groups in total. The van der Waals surface area contributed by atoms with Gasteiger partial charge in [0.05, 0.1) is 10.9 Å². The molecule has 0 saturated carbocycles. The summed E-state index contributed by atoms with van der Waals surface area (Å²) in [6, 6.07) is 2.82. The lowest BCUT2D eigenvalue weighted by Crippen LogP contribution is -2.40. The van der Waals surface area contributed by atoms with Gasteiger partial charge in [0.2, 0.25) is 5.91 Å². The summed E-state index contributed by atoms with van der Waals surface area (Å²) in [5, 5.41) is 4.95. The first-order valence-corrected chi connectivity index (χ1v) is 10.5. The fourth-order valence-electron chi connectivity index (χ4n) is 3.91. The molecule has 1 aliphatic rings. The summed E-state index contributed by atoms with van der Waals surface area (Å²) in [6.07, 6.45) is 4.58. The van der Waals surface area contributed by atoms with Gasteiger partial charge in [-0.05, 0) is 38.4 Å². The summed E-state index contributed by atoms with van der Waals surface area (Å²) >= 11 is 3.37. The molecule has 1 aliphatic heterocycles. The lowest BCUT2D eigenvalue weighted by Gasteiger charge is -2.38. The van der Waals surface area contributed by atoms with Crippen LogP contribution < -0.4 is 5.32 Å². The molecule has 1 amide bonds. The molecule has 0 aliphatic carbocycles. The molecule has 26 heavy (non-hydrogen) atoms. The van der Waals surface area contributed by atoms with Gasteiger partial charge in [-0.2, -0.15) is 0 Å². The smallest absolute Gasteiger partial charge is 0.221 e. The van der Waals surface area contributed by atoms with Crippen molar-refractivity contribution in [1.82, 2.24) is 14.9 Å². The normalized spacial score (nSPS) is 20.3. The van der Waals surface area contributed by atoms with Gasteiger partial charge in [-0.3, -0.25) is 14.7 Å². The molecule has 3 aromatic heterocycles. The van der Waals surface area contributed by atoms with Crippen LogP contribution in [0.3, 0.4) is 0 Å². The number of fused-ring (bicyclic) bond motifs is 2. The van der Waals surface area contributed by atoms with E-state index in [0.29, 0.717) is 12.1 Å². The van der Waals surface area contributed by atoms with Crippen LogP contribution in [0.25, 0.3) is 20.8 Å². The van der Waals surface area contributed by atoms with Crippen LogP contribution in [0.2, 0.25) is 0 Å². The van der Waals surface area contributed by atoms with E-state index in [-0.39, 0.29) is 5.91 Å². The highest BCUT2D eigenvalue weighted by Gasteiger charge is 2.34. The number of thiophene rings is 1. The first-order chi connectivity index (χ1) is 12.5. The molecule has 7 heteroatoms. The number of carbonyl (C=O) groups is 1. The van der Waals surface area contributed by atoms with Crippen molar-refractivity contribution < 1.29 is 4.79 Å². The van der Waals surface area contributed by atoms with Crippen molar-refractivity contribution in [1.29, 1.82) is 0 Å². The molecule has 2 atom stereocenters. The molecular weight excluding hydrogens is 364 g/mol. The molecule has 0 fully saturated rings. The maximum atomic E-state index is 11.8. The zero-order chi connectivity index (χ0) is 18.4. The van der Waals surface area contributed by atoms with Crippen molar-refractivity contribution in [2.24, 2.45) is 0 Å². The van der Waals surface area contributed by atoms with Crippen molar-refractivity contribution >= 4 is 43.8 Å². The van der Waals surface area contributed by atoms with E-state index >= 15 is 0 Å². The van der Waals surface area contributed by atoms with Crippen molar-refractivity contribution in [3.63, 3.8) is 0 Å². The number of rotatable bonds is 3. The van der Waals surface area contributed by atoms with E-state index in [1.807, 2.05) is 6.07 Å². The predicted molar refractivity (Wildman–Crippen MR) is 109 cm³/mol. The molecule has 4 heterocycles. The van der Waals surface area contributed by atoms with Crippen molar-refractivity contribution in [3.8, 4) is 10.6 Å². The van der Waals surface area contributed by atoms with Gasteiger partial charge in [0.1, 0.15) is 15.5 Å². The molecule has 0 unspecified atom stereocenters. The van der Waals surface area contributed by atoms with Crippen LogP contribution >= 0.6 is 22.7 Å². The summed E-state index contributed by atoms with van der Waals surface area (Å²) in [5.41, 5.74) is 3.36. The minimum absolute atomic E-state index is 0.0410. The number of likely N-dealkylation sites (N-methyl/N-ethyl adjacent to an activating group) is 1. The second-order valence-electron chi connectivity index (χ2n) is 6.75. The topological polar surface area (TPSA) is 58.1 Å². The number of thiazole rings is 1. The van der Waals surface area contributed by atoms with Crippen molar-refractivity contribution in [3.05, 3.63) is 28.9 Å². The molecule has 0 aromatic carbocycles. The third-order valence-electron chi connectivity index (χ3n) is 5.04. The third-order valence-corrected chi connectivity index (χ3v) is 7.41. The molecule has 5 nitrogen and oxygen atoms in total. The van der Waals surface area contributed by atoms with E-state index in [4.69, 9.17) is 4.98 Å². The summed E-state index contributed by atoms with van der Waals surface area (Å²) < 4.78 is 1.12. The number of amides is 1. The summed E-state index contributed by atoms with van der Waals surface area (Å²) in [5.74, 6) is -0.0410. The van der Waals surface area contributed by atoms with Crippen molar-refractivity contribution in [2.45, 2.75) is 46.2 Å². The summed E-state index contributed by atoms with van der Waals surface area (Å²) in [6.45, 7) is 9.34. The average molecular weight is 387 g/mol. The molecule has 0 radical (unpaired) electrons. The van der Waals surface area contributed by atoms with Gasteiger partial charge in [-0.25, -0.2) is 4.98 Å². The lowest BCUT2D eigenvalue weighted by molar-refractivity contribution is -0.114. The van der Waals surface area contributed by atoms with E-state index in [1.54, 1.807) is 42.0 Å². The SMILES string of the molecule is CCN1[C@H](C)c2sc(NC(C)=O)c(-c3nc4cnccc4s3)c2C[C@@H]1C. The highest BCUT2D eigenvalue weighted by atomic mass is 32.1. The Hall–Kier alpha value is -1.83. The maximum Gasteiger partial charge on any atom is 0.221 e. The van der Waals surface area contributed by atoms with E-state index in [1.165, 1.54) is 10.4 Å². The van der Waals surface area contributed by atoms with Gasteiger partial charge in [0.15, 0.2) is 0 Å².